The van der Waals surface area contributed by atoms with Crippen LogP contribution in [-0.4, -0.2) is 5.91 Å². The summed E-state index contributed by atoms with van der Waals surface area (Å²) in [6.45, 7) is 4.28. The maximum Gasteiger partial charge on any atom is 0.220 e. The molecule has 1 N–H and O–H groups in total. The summed E-state index contributed by atoms with van der Waals surface area (Å²) in [4.78, 5) is 12.2. The van der Waals surface area contributed by atoms with Gasteiger partial charge >= 0.3 is 0 Å². The van der Waals surface area contributed by atoms with Crippen molar-refractivity contribution in [1.29, 1.82) is 0 Å². The summed E-state index contributed by atoms with van der Waals surface area (Å²) in [6.07, 6.45) is 1.50. The van der Waals surface area contributed by atoms with Crippen LogP contribution in [0.25, 0.3) is 0 Å². The van der Waals surface area contributed by atoms with Gasteiger partial charge in [-0.25, -0.2) is 0 Å². The molecule has 0 unspecified atom stereocenters. The van der Waals surface area contributed by atoms with Crippen LogP contribution in [0.15, 0.2) is 60.7 Å². The first kappa shape index (κ1) is 15.3. The van der Waals surface area contributed by atoms with Crippen molar-refractivity contribution in [2.24, 2.45) is 5.92 Å². The van der Waals surface area contributed by atoms with E-state index in [1.54, 1.807) is 0 Å². The second-order valence-corrected chi connectivity index (χ2v) is 5.75. The summed E-state index contributed by atoms with van der Waals surface area (Å²) >= 11 is 0. The summed E-state index contributed by atoms with van der Waals surface area (Å²) < 4.78 is 0. The average molecular weight is 281 g/mol. The minimum atomic E-state index is -0.0768. The van der Waals surface area contributed by atoms with Gasteiger partial charge in [-0.2, -0.15) is 0 Å². The van der Waals surface area contributed by atoms with Crippen LogP contribution in [0.3, 0.4) is 0 Å². The minimum Gasteiger partial charge on any atom is -0.345 e. The standard InChI is InChI=1S/C19H23NO/c1-15(2)13-14-18(21)20-19(16-9-5-3-6-10-16)17-11-7-4-8-12-17/h3-12,15,19H,13-14H2,1-2H3,(H,20,21). The quantitative estimate of drug-likeness (QED) is 0.839. The van der Waals surface area contributed by atoms with Crippen LogP contribution in [0, 0.1) is 5.92 Å². The fourth-order valence-corrected chi connectivity index (χ4v) is 2.30. The van der Waals surface area contributed by atoms with E-state index in [2.05, 4.69) is 43.4 Å². The van der Waals surface area contributed by atoms with Crippen molar-refractivity contribution < 1.29 is 4.79 Å². The Balaban J connectivity index is 2.16. The number of hydrogen-bond acceptors (Lipinski definition) is 1. The molecule has 0 heterocycles. The fourth-order valence-electron chi connectivity index (χ4n) is 2.30. The van der Waals surface area contributed by atoms with Crippen LogP contribution in [-0.2, 0) is 4.79 Å². The van der Waals surface area contributed by atoms with E-state index in [0.717, 1.165) is 17.5 Å². The van der Waals surface area contributed by atoms with Crippen LogP contribution in [0.4, 0.5) is 0 Å². The van der Waals surface area contributed by atoms with E-state index in [-0.39, 0.29) is 11.9 Å². The lowest BCUT2D eigenvalue weighted by atomic mass is 9.98. The molecule has 0 aliphatic rings. The molecular formula is C19H23NO. The van der Waals surface area contributed by atoms with Crippen molar-refractivity contribution in [3.8, 4) is 0 Å². The van der Waals surface area contributed by atoms with E-state index < -0.39 is 0 Å². The van der Waals surface area contributed by atoms with Crippen LogP contribution in [0.2, 0.25) is 0 Å². The molecular weight excluding hydrogens is 258 g/mol. The molecule has 2 aromatic rings. The predicted octanol–water partition coefficient (Wildman–Crippen LogP) is 4.33. The van der Waals surface area contributed by atoms with E-state index in [4.69, 9.17) is 0 Å². The van der Waals surface area contributed by atoms with Gasteiger partial charge in [0.2, 0.25) is 5.91 Å². The van der Waals surface area contributed by atoms with Gasteiger partial charge in [0.05, 0.1) is 6.04 Å². The molecule has 0 saturated heterocycles. The van der Waals surface area contributed by atoms with Gasteiger partial charge in [-0.05, 0) is 23.5 Å². The molecule has 2 rings (SSSR count). The number of hydrogen-bond donors (Lipinski definition) is 1. The Kier molecular flexibility index (Phi) is 5.56. The first-order chi connectivity index (χ1) is 10.2. The van der Waals surface area contributed by atoms with E-state index in [0.29, 0.717) is 12.3 Å². The highest BCUT2D eigenvalue weighted by molar-refractivity contribution is 5.77. The molecule has 2 aromatic carbocycles. The van der Waals surface area contributed by atoms with Gasteiger partial charge in [0.25, 0.3) is 0 Å². The lowest BCUT2D eigenvalue weighted by Crippen LogP contribution is -2.29. The third kappa shape index (κ3) is 4.75. The first-order valence-electron chi connectivity index (χ1n) is 7.56. The van der Waals surface area contributed by atoms with E-state index in [9.17, 15) is 4.79 Å². The van der Waals surface area contributed by atoms with Gasteiger partial charge in [0.1, 0.15) is 0 Å². The Morgan fingerprint density at radius 1 is 0.905 bits per heavy atom. The van der Waals surface area contributed by atoms with E-state index in [1.807, 2.05) is 36.4 Å². The van der Waals surface area contributed by atoms with Crippen molar-refractivity contribution in [3.63, 3.8) is 0 Å². The minimum absolute atomic E-state index is 0.0768. The molecule has 0 aliphatic heterocycles. The zero-order valence-electron chi connectivity index (χ0n) is 12.8. The van der Waals surface area contributed by atoms with Gasteiger partial charge in [-0.15, -0.1) is 0 Å². The number of carbonyl (C=O) groups excluding carboxylic acids is 1. The first-order valence-corrected chi connectivity index (χ1v) is 7.56. The molecule has 0 bridgehead atoms. The van der Waals surface area contributed by atoms with Crippen molar-refractivity contribution in [2.45, 2.75) is 32.7 Å². The van der Waals surface area contributed by atoms with E-state index >= 15 is 0 Å². The Labute approximate surface area is 127 Å². The molecule has 0 atom stereocenters. The molecule has 0 spiro atoms. The summed E-state index contributed by atoms with van der Waals surface area (Å²) in [6, 6.07) is 20.2. The van der Waals surface area contributed by atoms with Gasteiger partial charge < -0.3 is 5.32 Å². The molecule has 0 radical (unpaired) electrons. The molecule has 2 heteroatoms. The summed E-state index contributed by atoms with van der Waals surface area (Å²) in [7, 11) is 0. The zero-order valence-corrected chi connectivity index (χ0v) is 12.8. The summed E-state index contributed by atoms with van der Waals surface area (Å²) in [5.41, 5.74) is 2.23. The van der Waals surface area contributed by atoms with Gasteiger partial charge in [-0.3, -0.25) is 4.79 Å². The predicted molar refractivity (Wildman–Crippen MR) is 86.9 cm³/mol. The van der Waals surface area contributed by atoms with Crippen LogP contribution >= 0.6 is 0 Å². The Morgan fingerprint density at radius 2 is 1.38 bits per heavy atom. The van der Waals surface area contributed by atoms with Gasteiger partial charge in [0, 0.05) is 6.42 Å². The highest BCUT2D eigenvalue weighted by atomic mass is 16.1. The lowest BCUT2D eigenvalue weighted by molar-refractivity contribution is -0.121. The molecule has 0 aliphatic carbocycles. The smallest absolute Gasteiger partial charge is 0.220 e. The maximum atomic E-state index is 12.2. The average Bonchev–Trinajstić information content (AvgIpc) is 2.52. The Morgan fingerprint density at radius 3 is 1.81 bits per heavy atom. The largest absolute Gasteiger partial charge is 0.345 e. The van der Waals surface area contributed by atoms with Crippen LogP contribution in [0.5, 0.6) is 0 Å². The number of nitrogens with one attached hydrogen (secondary N) is 1. The normalized spacial score (nSPS) is 10.9. The second-order valence-electron chi connectivity index (χ2n) is 5.75. The van der Waals surface area contributed by atoms with Crippen molar-refractivity contribution in [1.82, 2.24) is 5.32 Å². The van der Waals surface area contributed by atoms with Crippen molar-refractivity contribution >= 4 is 5.91 Å². The summed E-state index contributed by atoms with van der Waals surface area (Å²) in [5.74, 6) is 0.657. The topological polar surface area (TPSA) is 29.1 Å². The molecule has 0 saturated carbocycles. The summed E-state index contributed by atoms with van der Waals surface area (Å²) in [5, 5.41) is 3.17. The Hall–Kier alpha value is -2.09. The Bertz CT molecular complexity index is 509. The van der Waals surface area contributed by atoms with Gasteiger partial charge in [-0.1, -0.05) is 74.5 Å². The van der Waals surface area contributed by atoms with Crippen LogP contribution in [0.1, 0.15) is 43.9 Å². The highest BCUT2D eigenvalue weighted by Crippen LogP contribution is 2.22. The third-order valence-corrected chi connectivity index (χ3v) is 3.52. The monoisotopic (exact) mass is 281 g/mol. The molecule has 1 amide bonds. The highest BCUT2D eigenvalue weighted by Gasteiger charge is 2.16. The number of amides is 1. The lowest BCUT2D eigenvalue weighted by Gasteiger charge is -2.20. The van der Waals surface area contributed by atoms with Crippen molar-refractivity contribution in [3.05, 3.63) is 71.8 Å². The van der Waals surface area contributed by atoms with Crippen molar-refractivity contribution in [2.75, 3.05) is 0 Å². The molecule has 110 valence electrons. The number of carbonyl (C=O) groups is 1. The third-order valence-electron chi connectivity index (χ3n) is 3.52. The van der Waals surface area contributed by atoms with Crippen LogP contribution < -0.4 is 5.32 Å². The van der Waals surface area contributed by atoms with Gasteiger partial charge in [0.15, 0.2) is 0 Å². The second kappa shape index (κ2) is 7.63. The van der Waals surface area contributed by atoms with E-state index in [1.165, 1.54) is 0 Å². The maximum absolute atomic E-state index is 12.2. The molecule has 0 aromatic heterocycles. The SMILES string of the molecule is CC(C)CCC(=O)NC(c1ccccc1)c1ccccc1. The molecule has 21 heavy (non-hydrogen) atoms. The zero-order chi connectivity index (χ0) is 15.1. The number of benzene rings is 2. The molecule has 0 fully saturated rings. The fraction of sp³-hybridized carbons (Fsp3) is 0.316. The number of rotatable bonds is 6. The molecule has 2 nitrogen and oxygen atoms in total.